The minimum absolute atomic E-state index is 0. The maximum atomic E-state index is 7.32. The molecule has 2 saturated heterocycles. The molecule has 0 saturated carbocycles. The number of nitriles is 1. The number of fused-ring (bicyclic) bond motifs is 1. The van der Waals surface area contributed by atoms with Crippen LogP contribution in [-0.2, 0) is 0 Å². The summed E-state index contributed by atoms with van der Waals surface area (Å²) in [6.45, 7) is 15.8. The van der Waals surface area contributed by atoms with Gasteiger partial charge >= 0.3 is 0 Å². The van der Waals surface area contributed by atoms with Gasteiger partial charge in [-0.2, -0.15) is 5.26 Å². The van der Waals surface area contributed by atoms with Crippen LogP contribution in [0.4, 0.5) is 0 Å². The minimum Gasteiger partial charge on any atom is -0.412 e. The van der Waals surface area contributed by atoms with E-state index in [9.17, 15) is 0 Å². The van der Waals surface area contributed by atoms with Crippen LogP contribution in [0.1, 0.15) is 80.3 Å². The third-order valence-electron chi connectivity index (χ3n) is 6.13. The first-order valence-corrected chi connectivity index (χ1v) is 14.3. The van der Waals surface area contributed by atoms with Crippen molar-refractivity contribution in [3.8, 4) is 6.07 Å². The number of aromatic nitrogens is 3. The normalized spacial score (nSPS) is 17.3. The Morgan fingerprint density at radius 2 is 1.90 bits per heavy atom. The summed E-state index contributed by atoms with van der Waals surface area (Å²) in [5, 5.41) is 22.1. The van der Waals surface area contributed by atoms with Gasteiger partial charge in [0.15, 0.2) is 0 Å². The molecule has 8 N–H and O–H groups in total. The summed E-state index contributed by atoms with van der Waals surface area (Å²) in [6, 6.07) is 4.47. The van der Waals surface area contributed by atoms with E-state index in [1.165, 1.54) is 83.8 Å². The first-order valence-electron chi connectivity index (χ1n) is 14.3. The minimum atomic E-state index is 0. The summed E-state index contributed by atoms with van der Waals surface area (Å²) in [5.74, 6) is 0. The van der Waals surface area contributed by atoms with Crippen LogP contribution in [0.2, 0.25) is 0 Å². The lowest BCUT2D eigenvalue weighted by atomic mass is 10.0. The Kier molecular flexibility index (Phi) is 25.5. The SMILES string of the molecule is CC.CC#N.CC1=CCC1.CCC[C@H]1CCCN1.CN1CCNCC1.N=C/C(=C\N)c1ncnc2[nH]ccc12.O.[HH]. The molecule has 2 fully saturated rings. The highest BCUT2D eigenvalue weighted by atomic mass is 16.0. The fourth-order valence-electron chi connectivity index (χ4n) is 3.86. The number of rotatable bonds is 4. The van der Waals surface area contributed by atoms with Crippen molar-refractivity contribution in [2.75, 3.05) is 39.8 Å². The van der Waals surface area contributed by atoms with Gasteiger partial charge < -0.3 is 37.1 Å². The average molecular weight is 560 g/mol. The van der Waals surface area contributed by atoms with Crippen LogP contribution in [0.3, 0.4) is 0 Å². The van der Waals surface area contributed by atoms with Gasteiger partial charge in [0.1, 0.15) is 12.0 Å². The zero-order chi connectivity index (χ0) is 29.3. The van der Waals surface area contributed by atoms with Crippen molar-refractivity contribution in [1.82, 2.24) is 30.5 Å². The number of aromatic amines is 1. The van der Waals surface area contributed by atoms with Crippen LogP contribution in [-0.4, -0.2) is 77.4 Å². The second-order valence-electron chi connectivity index (χ2n) is 9.18. The Morgan fingerprint density at radius 3 is 2.30 bits per heavy atom. The lowest BCUT2D eigenvalue weighted by molar-refractivity contribution is 0.291. The molecule has 0 bridgehead atoms. The van der Waals surface area contributed by atoms with Crippen molar-refractivity contribution >= 4 is 22.8 Å². The topological polar surface area (TPSA) is 174 Å². The smallest absolute Gasteiger partial charge is 0.141 e. The van der Waals surface area contributed by atoms with Crippen LogP contribution >= 0.6 is 0 Å². The second kappa shape index (κ2) is 26.1. The van der Waals surface area contributed by atoms with E-state index in [0.717, 1.165) is 30.2 Å². The predicted octanol–water partition coefficient (Wildman–Crippen LogP) is 4.67. The molecule has 10 nitrogen and oxygen atoms in total. The lowest BCUT2D eigenvalue weighted by Crippen LogP contribution is -2.40. The van der Waals surface area contributed by atoms with Crippen molar-refractivity contribution in [2.45, 2.75) is 79.2 Å². The zero-order valence-electron chi connectivity index (χ0n) is 25.7. The van der Waals surface area contributed by atoms with Gasteiger partial charge in [-0.15, -0.1) is 0 Å². The summed E-state index contributed by atoms with van der Waals surface area (Å²) in [6.07, 6.45) is 16.2. The van der Waals surface area contributed by atoms with Crippen molar-refractivity contribution < 1.29 is 6.90 Å². The van der Waals surface area contributed by atoms with Crippen LogP contribution in [0, 0.1) is 16.7 Å². The fourth-order valence-corrected chi connectivity index (χ4v) is 3.86. The molecule has 4 heterocycles. The molecule has 2 aliphatic heterocycles. The van der Waals surface area contributed by atoms with Crippen LogP contribution in [0.15, 0.2) is 36.4 Å². The highest BCUT2D eigenvalue weighted by Gasteiger charge is 2.11. The molecule has 0 unspecified atom stereocenters. The molecule has 1 aliphatic carbocycles. The van der Waals surface area contributed by atoms with E-state index >= 15 is 0 Å². The number of nitrogens with one attached hydrogen (secondary N) is 4. The average Bonchev–Trinajstić information content (AvgIpc) is 3.64. The van der Waals surface area contributed by atoms with Gasteiger partial charge in [0.25, 0.3) is 0 Å². The van der Waals surface area contributed by atoms with Crippen molar-refractivity contribution in [3.63, 3.8) is 0 Å². The number of piperazine rings is 1. The molecule has 0 aromatic carbocycles. The van der Waals surface area contributed by atoms with E-state index in [0.29, 0.717) is 11.3 Å². The van der Waals surface area contributed by atoms with Gasteiger partial charge in [-0.1, -0.05) is 38.8 Å². The number of likely N-dealkylation sites (N-methyl/N-ethyl adjacent to an activating group) is 1. The third kappa shape index (κ3) is 16.8. The Morgan fingerprint density at radius 1 is 1.27 bits per heavy atom. The monoisotopic (exact) mass is 559 g/mol. The highest BCUT2D eigenvalue weighted by Crippen LogP contribution is 2.18. The number of allylic oxidation sites excluding steroid dienone is 3. The molecule has 0 amide bonds. The quantitative estimate of drug-likeness (QED) is 0.267. The highest BCUT2D eigenvalue weighted by molar-refractivity contribution is 6.11. The maximum Gasteiger partial charge on any atom is 0.141 e. The molecule has 2 aromatic heterocycles. The molecule has 228 valence electrons. The first kappa shape index (κ1) is 39.0. The molecular formula is C30H57N9O. The molecule has 1 atom stereocenters. The zero-order valence-corrected chi connectivity index (χ0v) is 25.7. The summed E-state index contributed by atoms with van der Waals surface area (Å²) >= 11 is 0. The van der Waals surface area contributed by atoms with Crippen LogP contribution < -0.4 is 16.4 Å². The summed E-state index contributed by atoms with van der Waals surface area (Å²) in [7, 11) is 2.15. The lowest BCUT2D eigenvalue weighted by Gasteiger charge is -2.21. The Hall–Kier alpha value is -3.10. The summed E-state index contributed by atoms with van der Waals surface area (Å²) in [4.78, 5) is 13.4. The van der Waals surface area contributed by atoms with E-state index in [1.807, 2.05) is 19.9 Å². The van der Waals surface area contributed by atoms with Crippen LogP contribution in [0.5, 0.6) is 0 Å². The molecule has 2 aromatic rings. The van der Waals surface area contributed by atoms with Crippen molar-refractivity contribution in [3.05, 3.63) is 42.1 Å². The van der Waals surface area contributed by atoms with E-state index < -0.39 is 0 Å². The van der Waals surface area contributed by atoms with E-state index in [1.54, 1.807) is 17.8 Å². The van der Waals surface area contributed by atoms with Gasteiger partial charge in [0, 0.05) is 70.1 Å². The van der Waals surface area contributed by atoms with Gasteiger partial charge in [-0.05, 0) is 58.7 Å². The summed E-state index contributed by atoms with van der Waals surface area (Å²) < 4.78 is 0. The largest absolute Gasteiger partial charge is 0.412 e. The van der Waals surface area contributed by atoms with Gasteiger partial charge in [0.05, 0.1) is 11.8 Å². The number of hydrogen-bond acceptors (Lipinski definition) is 8. The fraction of sp³-hybridized carbons (Fsp3) is 0.600. The van der Waals surface area contributed by atoms with Crippen molar-refractivity contribution in [2.24, 2.45) is 5.73 Å². The molecule has 40 heavy (non-hydrogen) atoms. The van der Waals surface area contributed by atoms with Crippen molar-refractivity contribution in [1.29, 1.82) is 10.7 Å². The number of nitrogens with two attached hydrogens (primary N) is 1. The van der Waals surface area contributed by atoms with Crippen LogP contribution in [0.25, 0.3) is 16.6 Å². The second-order valence-corrected chi connectivity index (χ2v) is 9.18. The van der Waals surface area contributed by atoms with E-state index in [4.69, 9.17) is 16.4 Å². The molecular weight excluding hydrogens is 502 g/mol. The predicted molar refractivity (Wildman–Crippen MR) is 172 cm³/mol. The number of hydrogen-bond donors (Lipinski definition) is 5. The molecule has 0 radical (unpaired) electrons. The Bertz CT molecular complexity index is 989. The van der Waals surface area contributed by atoms with E-state index in [-0.39, 0.29) is 6.90 Å². The first-order chi connectivity index (χ1) is 19.0. The third-order valence-corrected chi connectivity index (χ3v) is 6.13. The standard InChI is InChI=1S/C9H9N5.C7H15N.C5H12N2.C5H8.C2H3N.C2H6.H2O.H2/c10-3-6(4-11)8-7-1-2-12-9(7)14-5-13-8;1-2-4-7-5-3-6-8-7;1-7-4-2-6-3-5-7;1-5-3-2-4-5;1-2-3;1-2;;/h1-5,10H,11H2,(H,12,13,14);7-8H,2-6H2,1H3;6H,2-5H2,1H3;3H,2,4H2,1H3;1H3;1-2H3;1H2;1H/b6-4+,10-3?;;;;;;;/t;7-;;;;;;/m.0....../s1. The number of H-pyrrole nitrogens is 1. The Labute approximate surface area is 243 Å². The molecule has 10 heteroatoms. The molecule has 3 aliphatic rings. The van der Waals surface area contributed by atoms with E-state index in [2.05, 4.69) is 57.5 Å². The van der Waals surface area contributed by atoms with Gasteiger partial charge in [-0.3, -0.25) is 0 Å². The molecule has 5 rings (SSSR count). The van der Waals surface area contributed by atoms with Gasteiger partial charge in [-0.25, -0.2) is 9.97 Å². The van der Waals surface area contributed by atoms with Gasteiger partial charge in [0.2, 0.25) is 0 Å². The maximum absolute atomic E-state index is 7.32. The molecule has 0 spiro atoms. The Balaban J connectivity index is -0.000000464. The summed E-state index contributed by atoms with van der Waals surface area (Å²) in [5.41, 5.74) is 8.95. The number of nitrogens with zero attached hydrogens (tertiary/aromatic N) is 4.